The highest BCUT2D eigenvalue weighted by atomic mass is 35.5. The zero-order chi connectivity index (χ0) is 17.9. The van der Waals surface area contributed by atoms with Gasteiger partial charge >= 0.3 is 0 Å². The molecule has 0 bridgehead atoms. The third-order valence-corrected chi connectivity index (χ3v) is 4.92. The number of piperidine rings is 1. The average Bonchev–Trinajstić information content (AvgIpc) is 2.64. The van der Waals surface area contributed by atoms with E-state index >= 15 is 0 Å². The molecule has 2 heterocycles. The van der Waals surface area contributed by atoms with Gasteiger partial charge in [-0.05, 0) is 38.1 Å². The maximum absolute atomic E-state index is 12.6. The van der Waals surface area contributed by atoms with E-state index in [9.17, 15) is 9.59 Å². The summed E-state index contributed by atoms with van der Waals surface area (Å²) in [4.78, 5) is 25.2. The van der Waals surface area contributed by atoms with Crippen molar-refractivity contribution in [1.82, 2.24) is 20.4 Å². The fraction of sp³-hybridized carbons (Fsp3) is 0.500. The van der Waals surface area contributed by atoms with E-state index in [1.54, 1.807) is 31.0 Å². The number of ether oxygens (including phenoxy) is 1. The number of aryl methyl sites for hydroxylation is 1. The van der Waals surface area contributed by atoms with E-state index in [0.717, 1.165) is 25.9 Å². The van der Waals surface area contributed by atoms with Crippen LogP contribution in [0.5, 0.6) is 0 Å². The minimum Gasteiger partial charge on any atom is -0.384 e. The number of methoxy groups -OCH3 is 1. The highest BCUT2D eigenvalue weighted by Gasteiger charge is 2.33. The van der Waals surface area contributed by atoms with E-state index < -0.39 is 5.91 Å². The summed E-state index contributed by atoms with van der Waals surface area (Å²) in [5.41, 5.74) is 0.204. The first kappa shape index (κ1) is 20.4. The van der Waals surface area contributed by atoms with Gasteiger partial charge in [0.25, 0.3) is 5.91 Å². The van der Waals surface area contributed by atoms with Gasteiger partial charge < -0.3 is 15.4 Å². The number of halogens is 1. The number of hydrogen-bond donors (Lipinski definition) is 2. The van der Waals surface area contributed by atoms with Gasteiger partial charge in [-0.1, -0.05) is 12.1 Å². The number of nitrogens with one attached hydrogen (secondary N) is 2. The summed E-state index contributed by atoms with van der Waals surface area (Å²) in [7, 11) is 3.41. The van der Waals surface area contributed by atoms with Crippen LogP contribution in [-0.2, 0) is 11.8 Å². The van der Waals surface area contributed by atoms with E-state index in [1.165, 1.54) is 0 Å². The summed E-state index contributed by atoms with van der Waals surface area (Å²) in [5, 5.41) is 10.9. The quantitative estimate of drug-likeness (QED) is 0.811. The summed E-state index contributed by atoms with van der Waals surface area (Å²) in [6, 6.07) is 7.16. The molecule has 1 aliphatic heterocycles. The lowest BCUT2D eigenvalue weighted by atomic mass is 9.79. The lowest BCUT2D eigenvalue weighted by Crippen LogP contribution is -2.47. The predicted octanol–water partition coefficient (Wildman–Crippen LogP) is 1.10. The van der Waals surface area contributed by atoms with Crippen LogP contribution in [0.2, 0.25) is 0 Å². The zero-order valence-electron chi connectivity index (χ0n) is 15.1. The van der Waals surface area contributed by atoms with Crippen molar-refractivity contribution in [2.75, 3.05) is 33.4 Å². The Labute approximate surface area is 158 Å². The number of carbonyl (C=O) groups is 1. The molecule has 0 radical (unpaired) electrons. The van der Waals surface area contributed by atoms with Gasteiger partial charge in [0.2, 0.25) is 5.43 Å². The van der Waals surface area contributed by atoms with Crippen LogP contribution in [0.1, 0.15) is 23.3 Å². The van der Waals surface area contributed by atoms with Gasteiger partial charge in [0.15, 0.2) is 5.69 Å². The van der Waals surface area contributed by atoms with E-state index in [-0.39, 0.29) is 28.9 Å². The topological polar surface area (TPSA) is 85.2 Å². The van der Waals surface area contributed by atoms with Gasteiger partial charge in [-0.25, -0.2) is 0 Å². The van der Waals surface area contributed by atoms with Crippen molar-refractivity contribution in [3.8, 4) is 0 Å². The number of hydrogen-bond acceptors (Lipinski definition) is 5. The van der Waals surface area contributed by atoms with Crippen LogP contribution in [0.15, 0.2) is 29.1 Å². The van der Waals surface area contributed by atoms with Gasteiger partial charge in [-0.15, -0.1) is 12.4 Å². The van der Waals surface area contributed by atoms with Crippen molar-refractivity contribution in [2.24, 2.45) is 12.5 Å². The first-order chi connectivity index (χ1) is 12.1. The highest BCUT2D eigenvalue weighted by Crippen LogP contribution is 2.28. The van der Waals surface area contributed by atoms with Crippen molar-refractivity contribution in [2.45, 2.75) is 12.8 Å². The van der Waals surface area contributed by atoms with E-state index in [4.69, 9.17) is 4.74 Å². The molecule has 3 rings (SSSR count). The smallest absolute Gasteiger partial charge is 0.275 e. The number of benzene rings is 1. The standard InChI is InChI=1S/C18H24N4O3.ClH/c1-22-14-6-4-3-5-13(14)16(23)15(21-22)17(24)20-11-18(12-25-2)7-9-19-10-8-18;/h3-6,19H,7-12H2,1-2H3,(H,20,24);1H. The van der Waals surface area contributed by atoms with Crippen LogP contribution in [-0.4, -0.2) is 49.0 Å². The zero-order valence-corrected chi connectivity index (χ0v) is 15.9. The van der Waals surface area contributed by atoms with E-state index in [0.29, 0.717) is 24.1 Å². The second-order valence-corrected chi connectivity index (χ2v) is 6.68. The molecule has 1 fully saturated rings. The molecule has 1 aliphatic rings. The molecule has 0 saturated carbocycles. The number of rotatable bonds is 5. The first-order valence-corrected chi connectivity index (χ1v) is 8.50. The molecular formula is C18H25ClN4O3. The number of para-hydroxylation sites is 1. The lowest BCUT2D eigenvalue weighted by Gasteiger charge is -2.37. The van der Waals surface area contributed by atoms with Gasteiger partial charge in [-0.3, -0.25) is 14.3 Å². The molecule has 2 aromatic rings. The molecular weight excluding hydrogens is 356 g/mol. The molecule has 1 aromatic heterocycles. The molecule has 1 amide bonds. The van der Waals surface area contributed by atoms with E-state index in [1.807, 2.05) is 12.1 Å². The lowest BCUT2D eigenvalue weighted by molar-refractivity contribution is 0.0510. The Balaban J connectivity index is 0.00000243. The average molecular weight is 381 g/mol. The Morgan fingerprint density at radius 3 is 2.73 bits per heavy atom. The molecule has 2 N–H and O–H groups in total. The van der Waals surface area contributed by atoms with Gasteiger partial charge in [0.1, 0.15) is 0 Å². The predicted molar refractivity (Wildman–Crippen MR) is 103 cm³/mol. The Kier molecular flexibility index (Phi) is 6.75. The fourth-order valence-electron chi connectivity index (χ4n) is 3.46. The molecule has 142 valence electrons. The first-order valence-electron chi connectivity index (χ1n) is 8.50. The number of fused-ring (bicyclic) bond motifs is 1. The van der Waals surface area contributed by atoms with Crippen molar-refractivity contribution >= 4 is 29.2 Å². The van der Waals surface area contributed by atoms with Gasteiger partial charge in [0, 0.05) is 31.5 Å². The number of amides is 1. The summed E-state index contributed by atoms with van der Waals surface area (Å²) >= 11 is 0. The highest BCUT2D eigenvalue weighted by molar-refractivity contribution is 5.95. The van der Waals surface area contributed by atoms with Crippen molar-refractivity contribution in [1.29, 1.82) is 0 Å². The summed E-state index contributed by atoms with van der Waals surface area (Å²) in [6.45, 7) is 2.85. The fourth-order valence-corrected chi connectivity index (χ4v) is 3.46. The maximum atomic E-state index is 12.6. The normalized spacial score (nSPS) is 16.1. The van der Waals surface area contributed by atoms with Crippen LogP contribution in [0.25, 0.3) is 10.9 Å². The Morgan fingerprint density at radius 1 is 1.35 bits per heavy atom. The van der Waals surface area contributed by atoms with Gasteiger partial charge in [-0.2, -0.15) is 5.10 Å². The molecule has 1 saturated heterocycles. The maximum Gasteiger partial charge on any atom is 0.275 e. The monoisotopic (exact) mass is 380 g/mol. The molecule has 0 spiro atoms. The minimum atomic E-state index is -0.430. The molecule has 26 heavy (non-hydrogen) atoms. The summed E-state index contributed by atoms with van der Waals surface area (Å²) in [6.07, 6.45) is 1.84. The number of nitrogens with zero attached hydrogens (tertiary/aromatic N) is 2. The largest absolute Gasteiger partial charge is 0.384 e. The van der Waals surface area contributed by atoms with Crippen LogP contribution < -0.4 is 16.1 Å². The number of carbonyl (C=O) groups excluding carboxylic acids is 1. The van der Waals surface area contributed by atoms with Crippen molar-refractivity contribution in [3.63, 3.8) is 0 Å². The third-order valence-electron chi connectivity index (χ3n) is 4.92. The second-order valence-electron chi connectivity index (χ2n) is 6.68. The molecule has 0 unspecified atom stereocenters. The minimum absolute atomic E-state index is 0. The van der Waals surface area contributed by atoms with Crippen LogP contribution in [0.3, 0.4) is 0 Å². The molecule has 1 aromatic carbocycles. The molecule has 0 aliphatic carbocycles. The molecule has 0 atom stereocenters. The van der Waals surface area contributed by atoms with Crippen molar-refractivity contribution in [3.05, 3.63) is 40.2 Å². The molecule has 8 heteroatoms. The molecule has 7 nitrogen and oxygen atoms in total. The second kappa shape index (κ2) is 8.62. The Morgan fingerprint density at radius 2 is 2.04 bits per heavy atom. The summed E-state index contributed by atoms with van der Waals surface area (Å²) in [5.74, 6) is -0.430. The summed E-state index contributed by atoms with van der Waals surface area (Å²) < 4.78 is 6.93. The number of aromatic nitrogens is 2. The van der Waals surface area contributed by atoms with Crippen LogP contribution >= 0.6 is 12.4 Å². The SMILES string of the molecule is COCC1(CNC(=O)c2nn(C)c3ccccc3c2=O)CCNCC1.Cl. The van der Waals surface area contributed by atoms with Gasteiger partial charge in [0.05, 0.1) is 12.1 Å². The third kappa shape index (κ3) is 4.06. The van der Waals surface area contributed by atoms with Crippen molar-refractivity contribution < 1.29 is 9.53 Å². The van der Waals surface area contributed by atoms with E-state index in [2.05, 4.69) is 15.7 Å². The van der Waals surface area contributed by atoms with Crippen LogP contribution in [0.4, 0.5) is 0 Å². The Bertz CT molecular complexity index is 825. The Hall–Kier alpha value is -1.96. The van der Waals surface area contributed by atoms with Crippen LogP contribution in [0, 0.1) is 5.41 Å².